The van der Waals surface area contributed by atoms with Gasteiger partial charge in [0.2, 0.25) is 0 Å². The Morgan fingerprint density at radius 1 is 1.41 bits per heavy atom. The maximum Gasteiger partial charge on any atom is 0.260 e. The third kappa shape index (κ3) is 2.25. The smallest absolute Gasteiger partial charge is 0.260 e. The van der Waals surface area contributed by atoms with Crippen LogP contribution in [0.4, 0.5) is 5.69 Å². The number of ether oxygens (including phenoxy) is 1. The first kappa shape index (κ1) is 11.5. The summed E-state index contributed by atoms with van der Waals surface area (Å²) in [6, 6.07) is 5.25. The van der Waals surface area contributed by atoms with Gasteiger partial charge in [0.25, 0.3) is 5.91 Å². The number of benzene rings is 1. The van der Waals surface area contributed by atoms with Crippen molar-refractivity contribution < 1.29 is 9.53 Å². The molecule has 0 aromatic heterocycles. The van der Waals surface area contributed by atoms with E-state index in [0.29, 0.717) is 23.5 Å². The van der Waals surface area contributed by atoms with Crippen LogP contribution in [0.15, 0.2) is 30.4 Å². The van der Waals surface area contributed by atoms with Crippen molar-refractivity contribution in [2.45, 2.75) is 6.42 Å². The Morgan fingerprint density at radius 2 is 2.24 bits per heavy atom. The quantitative estimate of drug-likeness (QED) is 0.623. The Bertz CT molecular complexity index is 455. The summed E-state index contributed by atoms with van der Waals surface area (Å²) >= 11 is 0. The second kappa shape index (κ2) is 4.91. The van der Waals surface area contributed by atoms with Crippen LogP contribution < -0.4 is 10.5 Å². The zero-order chi connectivity index (χ0) is 12.3. The molecule has 0 atom stereocenters. The lowest BCUT2D eigenvalue weighted by atomic mass is 10.1. The standard InChI is InChI=1S/C13H16N2O2/c1-17-11-7-5-6-10(14)12(11)13(16)15-8-3-2-4-9-15/h2-3,5-7H,4,8-9,14H2,1H3. The number of anilines is 1. The van der Waals surface area contributed by atoms with Crippen LogP contribution in [0.1, 0.15) is 16.8 Å². The van der Waals surface area contributed by atoms with Crippen molar-refractivity contribution in [3.05, 3.63) is 35.9 Å². The van der Waals surface area contributed by atoms with Gasteiger partial charge in [-0.1, -0.05) is 18.2 Å². The molecule has 1 aromatic carbocycles. The SMILES string of the molecule is COc1cccc(N)c1C(=O)N1CC=CCC1. The van der Waals surface area contributed by atoms with Crippen molar-refractivity contribution >= 4 is 11.6 Å². The molecule has 4 nitrogen and oxygen atoms in total. The van der Waals surface area contributed by atoms with Crippen molar-refractivity contribution in [2.75, 3.05) is 25.9 Å². The fourth-order valence-corrected chi connectivity index (χ4v) is 1.93. The average Bonchev–Trinajstić information content (AvgIpc) is 2.38. The fraction of sp³-hybridized carbons (Fsp3) is 0.308. The minimum atomic E-state index is -0.0655. The highest BCUT2D eigenvalue weighted by atomic mass is 16.5. The van der Waals surface area contributed by atoms with E-state index in [1.54, 1.807) is 30.2 Å². The van der Waals surface area contributed by atoms with E-state index in [9.17, 15) is 4.79 Å². The zero-order valence-corrected chi connectivity index (χ0v) is 9.85. The number of carbonyl (C=O) groups is 1. The molecule has 17 heavy (non-hydrogen) atoms. The Morgan fingerprint density at radius 3 is 2.88 bits per heavy atom. The van der Waals surface area contributed by atoms with E-state index in [1.807, 2.05) is 6.08 Å². The summed E-state index contributed by atoms with van der Waals surface area (Å²) in [6.07, 6.45) is 4.96. The Labute approximate surface area is 101 Å². The van der Waals surface area contributed by atoms with E-state index in [0.717, 1.165) is 13.0 Å². The number of carbonyl (C=O) groups excluding carboxylic acids is 1. The van der Waals surface area contributed by atoms with Gasteiger partial charge in [0.05, 0.1) is 7.11 Å². The topological polar surface area (TPSA) is 55.6 Å². The van der Waals surface area contributed by atoms with Crippen LogP contribution in [0.5, 0.6) is 5.75 Å². The summed E-state index contributed by atoms with van der Waals surface area (Å²) in [7, 11) is 1.54. The van der Waals surface area contributed by atoms with E-state index >= 15 is 0 Å². The molecule has 0 saturated carbocycles. The number of nitrogens with two attached hydrogens (primary N) is 1. The minimum absolute atomic E-state index is 0.0655. The van der Waals surface area contributed by atoms with Gasteiger partial charge in [-0.15, -0.1) is 0 Å². The van der Waals surface area contributed by atoms with Crippen LogP contribution >= 0.6 is 0 Å². The summed E-state index contributed by atoms with van der Waals surface area (Å²) in [5.74, 6) is 0.467. The molecule has 0 aliphatic carbocycles. The van der Waals surface area contributed by atoms with Crippen molar-refractivity contribution in [1.82, 2.24) is 4.90 Å². The summed E-state index contributed by atoms with van der Waals surface area (Å²) < 4.78 is 5.19. The molecule has 0 unspecified atom stereocenters. The minimum Gasteiger partial charge on any atom is -0.496 e. The van der Waals surface area contributed by atoms with Crippen LogP contribution in [0, 0.1) is 0 Å². The van der Waals surface area contributed by atoms with E-state index in [1.165, 1.54) is 0 Å². The van der Waals surface area contributed by atoms with Crippen LogP contribution in [-0.4, -0.2) is 31.0 Å². The molecule has 4 heteroatoms. The van der Waals surface area contributed by atoms with Crippen LogP contribution in [0.3, 0.4) is 0 Å². The van der Waals surface area contributed by atoms with Gasteiger partial charge in [0, 0.05) is 18.8 Å². The van der Waals surface area contributed by atoms with E-state index in [4.69, 9.17) is 10.5 Å². The molecular formula is C13H16N2O2. The molecule has 1 aliphatic heterocycles. The van der Waals surface area contributed by atoms with Crippen molar-refractivity contribution in [2.24, 2.45) is 0 Å². The number of hydrogen-bond acceptors (Lipinski definition) is 3. The molecule has 0 saturated heterocycles. The van der Waals surface area contributed by atoms with Gasteiger partial charge in [0.1, 0.15) is 11.3 Å². The molecular weight excluding hydrogens is 216 g/mol. The highest BCUT2D eigenvalue weighted by molar-refractivity contribution is 6.02. The number of nitrogen functional groups attached to an aromatic ring is 1. The van der Waals surface area contributed by atoms with Crippen molar-refractivity contribution in [3.63, 3.8) is 0 Å². The molecule has 1 amide bonds. The van der Waals surface area contributed by atoms with Gasteiger partial charge in [-0.05, 0) is 18.6 Å². The lowest BCUT2D eigenvalue weighted by molar-refractivity contribution is 0.0769. The predicted octanol–water partition coefficient (Wildman–Crippen LogP) is 1.68. The highest BCUT2D eigenvalue weighted by Gasteiger charge is 2.21. The maximum atomic E-state index is 12.3. The molecule has 2 N–H and O–H groups in total. The van der Waals surface area contributed by atoms with Gasteiger partial charge in [-0.2, -0.15) is 0 Å². The number of methoxy groups -OCH3 is 1. The van der Waals surface area contributed by atoms with Crippen LogP contribution in [-0.2, 0) is 0 Å². The fourth-order valence-electron chi connectivity index (χ4n) is 1.93. The maximum absolute atomic E-state index is 12.3. The normalized spacial score (nSPS) is 14.8. The van der Waals surface area contributed by atoms with Crippen molar-refractivity contribution in [1.29, 1.82) is 0 Å². The summed E-state index contributed by atoms with van der Waals surface area (Å²) in [4.78, 5) is 14.1. The third-order valence-corrected chi connectivity index (χ3v) is 2.84. The Kier molecular flexibility index (Phi) is 3.32. The lowest BCUT2D eigenvalue weighted by Gasteiger charge is -2.24. The molecule has 1 aliphatic rings. The first-order valence-corrected chi connectivity index (χ1v) is 5.61. The van der Waals surface area contributed by atoms with E-state index < -0.39 is 0 Å². The molecule has 1 heterocycles. The highest BCUT2D eigenvalue weighted by Crippen LogP contribution is 2.26. The van der Waals surface area contributed by atoms with Gasteiger partial charge >= 0.3 is 0 Å². The van der Waals surface area contributed by atoms with Gasteiger partial charge in [-0.25, -0.2) is 0 Å². The summed E-state index contributed by atoms with van der Waals surface area (Å²) in [5.41, 5.74) is 6.78. The van der Waals surface area contributed by atoms with E-state index in [-0.39, 0.29) is 5.91 Å². The molecule has 0 bridgehead atoms. The molecule has 0 radical (unpaired) electrons. The van der Waals surface area contributed by atoms with Gasteiger partial charge in [0.15, 0.2) is 0 Å². The second-order valence-electron chi connectivity index (χ2n) is 3.94. The Hall–Kier alpha value is -1.97. The summed E-state index contributed by atoms with van der Waals surface area (Å²) in [6.45, 7) is 1.36. The molecule has 1 aromatic rings. The summed E-state index contributed by atoms with van der Waals surface area (Å²) in [5, 5.41) is 0. The van der Waals surface area contributed by atoms with Crippen LogP contribution in [0.2, 0.25) is 0 Å². The second-order valence-corrected chi connectivity index (χ2v) is 3.94. The van der Waals surface area contributed by atoms with Gasteiger partial charge < -0.3 is 15.4 Å². The molecule has 0 fully saturated rings. The molecule has 90 valence electrons. The molecule has 0 spiro atoms. The van der Waals surface area contributed by atoms with Crippen molar-refractivity contribution in [3.8, 4) is 5.75 Å². The molecule has 2 rings (SSSR count). The monoisotopic (exact) mass is 232 g/mol. The first-order chi connectivity index (χ1) is 8.24. The number of amides is 1. The van der Waals surface area contributed by atoms with E-state index in [2.05, 4.69) is 6.08 Å². The van der Waals surface area contributed by atoms with Gasteiger partial charge in [-0.3, -0.25) is 4.79 Å². The van der Waals surface area contributed by atoms with Crippen LogP contribution in [0.25, 0.3) is 0 Å². The Balaban J connectivity index is 2.32. The largest absolute Gasteiger partial charge is 0.496 e. The number of hydrogen-bond donors (Lipinski definition) is 1. The predicted molar refractivity (Wildman–Crippen MR) is 67.1 cm³/mol. The number of rotatable bonds is 2. The first-order valence-electron chi connectivity index (χ1n) is 5.61. The zero-order valence-electron chi connectivity index (χ0n) is 9.85. The number of nitrogens with zero attached hydrogens (tertiary/aromatic N) is 1. The third-order valence-electron chi connectivity index (χ3n) is 2.84. The average molecular weight is 232 g/mol. The lowest BCUT2D eigenvalue weighted by Crippen LogP contribution is -2.34.